The number of rotatable bonds is 5. The molecule has 136 valence electrons. The van der Waals surface area contributed by atoms with Gasteiger partial charge >= 0.3 is 6.03 Å². The van der Waals surface area contributed by atoms with E-state index in [4.69, 9.17) is 27.9 Å². The van der Waals surface area contributed by atoms with Crippen molar-refractivity contribution < 1.29 is 9.53 Å². The number of ether oxygens (including phenoxy) is 1. The largest absolute Gasteiger partial charge is 0.486 e. The predicted molar refractivity (Wildman–Crippen MR) is 103 cm³/mol. The molecule has 1 aromatic carbocycles. The molecule has 2 N–H and O–H groups in total. The number of thiazole rings is 1. The van der Waals surface area contributed by atoms with Crippen molar-refractivity contribution in [3.05, 3.63) is 44.5 Å². The van der Waals surface area contributed by atoms with Crippen molar-refractivity contribution in [2.75, 3.05) is 13.1 Å². The molecular formula is C17H16Cl2N4O2S. The molecule has 0 saturated carbocycles. The van der Waals surface area contributed by atoms with Crippen molar-refractivity contribution in [2.24, 2.45) is 0 Å². The minimum Gasteiger partial charge on any atom is -0.486 e. The Balaban J connectivity index is 1.50. The second-order valence-corrected chi connectivity index (χ2v) is 7.52. The molecule has 2 amide bonds. The van der Waals surface area contributed by atoms with Crippen LogP contribution in [0.3, 0.4) is 0 Å². The van der Waals surface area contributed by atoms with Gasteiger partial charge in [0.05, 0.1) is 39.0 Å². The van der Waals surface area contributed by atoms with Crippen molar-refractivity contribution >= 4 is 51.5 Å². The number of hydrogen-bond donors (Lipinski definition) is 2. The Bertz CT molecular complexity index is 938. The quantitative estimate of drug-likeness (QED) is 0.653. The number of aromatic nitrogens is 2. The number of halogens is 2. The number of fused-ring (bicyclic) bond motifs is 1. The first-order chi connectivity index (χ1) is 12.6. The van der Waals surface area contributed by atoms with Gasteiger partial charge in [-0.3, -0.25) is 0 Å². The van der Waals surface area contributed by atoms with Gasteiger partial charge in [0.25, 0.3) is 0 Å². The minimum absolute atomic E-state index is 0.0729. The van der Waals surface area contributed by atoms with Crippen LogP contribution in [-0.4, -0.2) is 34.0 Å². The van der Waals surface area contributed by atoms with Crippen LogP contribution in [-0.2, 0) is 13.2 Å². The second-order valence-electron chi connectivity index (χ2n) is 6.01. The monoisotopic (exact) mass is 410 g/mol. The fourth-order valence-corrected chi connectivity index (χ4v) is 3.74. The number of likely N-dealkylation sites (tertiary alicyclic amines) is 1. The summed E-state index contributed by atoms with van der Waals surface area (Å²) < 4.78 is 5.76. The highest BCUT2D eigenvalue weighted by atomic mass is 35.5. The summed E-state index contributed by atoms with van der Waals surface area (Å²) in [7, 11) is 0. The second kappa shape index (κ2) is 7.34. The maximum atomic E-state index is 11.9. The zero-order valence-electron chi connectivity index (χ0n) is 13.7. The van der Waals surface area contributed by atoms with Crippen LogP contribution in [0.2, 0.25) is 10.0 Å². The number of aromatic amines is 1. The number of carbonyl (C=O) groups is 1. The summed E-state index contributed by atoms with van der Waals surface area (Å²) in [5.74, 6) is 0.557. The molecule has 1 aliphatic rings. The van der Waals surface area contributed by atoms with E-state index in [1.54, 1.807) is 16.5 Å². The van der Waals surface area contributed by atoms with Gasteiger partial charge in [-0.1, -0.05) is 23.2 Å². The molecule has 0 aliphatic carbocycles. The average Bonchev–Trinajstić information content (AvgIpc) is 3.18. The Morgan fingerprint density at radius 1 is 1.38 bits per heavy atom. The molecule has 2 aromatic heterocycles. The lowest BCUT2D eigenvalue weighted by atomic mass is 10.2. The molecule has 26 heavy (non-hydrogen) atoms. The summed E-state index contributed by atoms with van der Waals surface area (Å²) in [6, 6.07) is 3.51. The summed E-state index contributed by atoms with van der Waals surface area (Å²) in [5, 5.41) is 6.63. The molecule has 3 aromatic rings. The summed E-state index contributed by atoms with van der Waals surface area (Å²) >= 11 is 14.3. The molecule has 0 spiro atoms. The molecule has 9 heteroatoms. The van der Waals surface area contributed by atoms with Gasteiger partial charge in [0.15, 0.2) is 0 Å². The van der Waals surface area contributed by atoms with Gasteiger partial charge in [-0.2, -0.15) is 0 Å². The van der Waals surface area contributed by atoms with Gasteiger partial charge in [0.2, 0.25) is 0 Å². The minimum atomic E-state index is -0.0729. The third-order valence-electron chi connectivity index (χ3n) is 4.28. The maximum absolute atomic E-state index is 11.9. The van der Waals surface area contributed by atoms with Crippen molar-refractivity contribution in [1.82, 2.24) is 20.2 Å². The number of carbonyl (C=O) groups excluding carboxylic acids is 1. The first kappa shape index (κ1) is 17.5. The van der Waals surface area contributed by atoms with Crippen molar-refractivity contribution in [3.63, 3.8) is 0 Å². The van der Waals surface area contributed by atoms with E-state index >= 15 is 0 Å². The number of amides is 2. The fraction of sp³-hybridized carbons (Fsp3) is 0.294. The highest BCUT2D eigenvalue weighted by molar-refractivity contribution is 7.07. The Morgan fingerprint density at radius 2 is 2.23 bits per heavy atom. The third kappa shape index (κ3) is 3.47. The SMILES string of the molecule is O=C(NCc1[nH]c2cc(OCc3cscn3)c(Cl)cc2c1Cl)N1CCC1. The Hall–Kier alpha value is -1.96. The topological polar surface area (TPSA) is 70.2 Å². The van der Waals surface area contributed by atoms with E-state index in [-0.39, 0.29) is 6.03 Å². The molecule has 3 heterocycles. The third-order valence-corrected chi connectivity index (χ3v) is 5.64. The molecule has 0 radical (unpaired) electrons. The van der Waals surface area contributed by atoms with Crippen LogP contribution in [0.1, 0.15) is 17.8 Å². The molecule has 0 bridgehead atoms. The molecule has 4 rings (SSSR count). The predicted octanol–water partition coefficient (Wildman–Crippen LogP) is 4.43. The molecule has 1 saturated heterocycles. The number of urea groups is 1. The maximum Gasteiger partial charge on any atom is 0.317 e. The Kier molecular flexibility index (Phi) is 4.93. The van der Waals surface area contributed by atoms with Crippen LogP contribution < -0.4 is 10.1 Å². The van der Waals surface area contributed by atoms with E-state index in [1.165, 1.54) is 11.3 Å². The Labute approximate surface area is 164 Å². The van der Waals surface area contributed by atoms with Gasteiger partial charge in [-0.05, 0) is 12.5 Å². The summed E-state index contributed by atoms with van der Waals surface area (Å²) in [6.07, 6.45) is 1.06. The van der Waals surface area contributed by atoms with Crippen LogP contribution >= 0.6 is 34.5 Å². The summed E-state index contributed by atoms with van der Waals surface area (Å²) in [4.78, 5) is 21.1. The first-order valence-electron chi connectivity index (χ1n) is 8.14. The highest BCUT2D eigenvalue weighted by Crippen LogP contribution is 2.35. The molecule has 0 unspecified atom stereocenters. The normalized spacial score (nSPS) is 13.7. The zero-order chi connectivity index (χ0) is 18.1. The lowest BCUT2D eigenvalue weighted by Gasteiger charge is -2.30. The molecule has 0 atom stereocenters. The number of hydrogen-bond acceptors (Lipinski definition) is 4. The van der Waals surface area contributed by atoms with Crippen molar-refractivity contribution in [3.8, 4) is 5.75 Å². The summed E-state index contributed by atoms with van der Waals surface area (Å²) in [6.45, 7) is 2.29. The molecule has 1 aliphatic heterocycles. The van der Waals surface area contributed by atoms with Crippen LogP contribution in [0.5, 0.6) is 5.75 Å². The van der Waals surface area contributed by atoms with Gasteiger partial charge in [-0.25, -0.2) is 9.78 Å². The average molecular weight is 411 g/mol. The summed E-state index contributed by atoms with van der Waals surface area (Å²) in [5.41, 5.74) is 4.16. The number of benzene rings is 1. The van der Waals surface area contributed by atoms with E-state index in [2.05, 4.69) is 15.3 Å². The standard InChI is InChI=1S/C17H16Cl2N4O2S/c18-12-4-11-13(5-15(12)25-7-10-8-26-9-21-10)22-14(16(11)19)6-20-17(24)23-2-1-3-23/h4-5,8-9,22H,1-3,6-7H2,(H,20,24). The van der Waals surface area contributed by atoms with Gasteiger partial charge in [0.1, 0.15) is 12.4 Å². The van der Waals surface area contributed by atoms with E-state index in [9.17, 15) is 4.79 Å². The lowest BCUT2D eigenvalue weighted by molar-refractivity contribution is 0.167. The van der Waals surface area contributed by atoms with E-state index < -0.39 is 0 Å². The lowest BCUT2D eigenvalue weighted by Crippen LogP contribution is -2.47. The van der Waals surface area contributed by atoms with Crippen molar-refractivity contribution in [1.29, 1.82) is 0 Å². The number of nitrogens with one attached hydrogen (secondary N) is 2. The highest BCUT2D eigenvalue weighted by Gasteiger charge is 2.20. The molecular weight excluding hydrogens is 395 g/mol. The Morgan fingerprint density at radius 3 is 2.92 bits per heavy atom. The van der Waals surface area contributed by atoms with Gasteiger partial charge in [-0.15, -0.1) is 11.3 Å². The van der Waals surface area contributed by atoms with Gasteiger partial charge in [0, 0.05) is 29.9 Å². The van der Waals surface area contributed by atoms with Crippen LogP contribution in [0.15, 0.2) is 23.0 Å². The van der Waals surface area contributed by atoms with Gasteiger partial charge < -0.3 is 19.9 Å². The van der Waals surface area contributed by atoms with E-state index in [0.29, 0.717) is 28.9 Å². The number of nitrogens with zero attached hydrogens (tertiary/aromatic N) is 2. The van der Waals surface area contributed by atoms with Crippen LogP contribution in [0, 0.1) is 0 Å². The first-order valence-corrected chi connectivity index (χ1v) is 9.84. The van der Waals surface area contributed by atoms with E-state index in [0.717, 1.165) is 41.8 Å². The van der Waals surface area contributed by atoms with Crippen LogP contribution in [0.25, 0.3) is 10.9 Å². The smallest absolute Gasteiger partial charge is 0.317 e. The van der Waals surface area contributed by atoms with E-state index in [1.807, 2.05) is 11.4 Å². The van der Waals surface area contributed by atoms with Crippen LogP contribution in [0.4, 0.5) is 4.79 Å². The zero-order valence-corrected chi connectivity index (χ0v) is 16.0. The van der Waals surface area contributed by atoms with Crippen molar-refractivity contribution in [2.45, 2.75) is 19.6 Å². The fourth-order valence-electron chi connectivity index (χ4n) is 2.71. The number of H-pyrrole nitrogens is 1. The molecule has 6 nitrogen and oxygen atoms in total. The molecule has 1 fully saturated rings.